The van der Waals surface area contributed by atoms with Crippen LogP contribution in [0.3, 0.4) is 0 Å². The lowest BCUT2D eigenvalue weighted by Crippen LogP contribution is -2.34. The molecule has 2 rings (SSSR count). The fraction of sp³-hybridized carbons (Fsp3) is 0.462. The lowest BCUT2D eigenvalue weighted by molar-refractivity contribution is 0.0759. The van der Waals surface area contributed by atoms with Gasteiger partial charge in [0.25, 0.3) is 5.91 Å². The minimum Gasteiger partial charge on any atom is -0.507 e. The van der Waals surface area contributed by atoms with Gasteiger partial charge in [0.15, 0.2) is 0 Å². The molecule has 0 aromatic heterocycles. The number of nitrogens with zero attached hydrogens (tertiary/aromatic N) is 2. The Bertz CT molecular complexity index is 451. The summed E-state index contributed by atoms with van der Waals surface area (Å²) in [6, 6.07) is 3.45. The Hall–Kier alpha value is -1.62. The molecule has 1 heterocycles. The van der Waals surface area contributed by atoms with Crippen LogP contribution in [-0.4, -0.2) is 54.0 Å². The molecule has 5 heteroatoms. The second kappa shape index (κ2) is 5.35. The summed E-state index contributed by atoms with van der Waals surface area (Å²) < 4.78 is 13.1. The van der Waals surface area contributed by atoms with E-state index in [1.807, 2.05) is 7.05 Å². The van der Waals surface area contributed by atoms with E-state index in [0.717, 1.165) is 31.6 Å². The van der Waals surface area contributed by atoms with Gasteiger partial charge in [-0.3, -0.25) is 4.79 Å². The van der Waals surface area contributed by atoms with Crippen LogP contribution in [0.2, 0.25) is 0 Å². The molecule has 1 N–H and O–H groups in total. The molecule has 1 aliphatic rings. The topological polar surface area (TPSA) is 43.8 Å². The van der Waals surface area contributed by atoms with Crippen LogP contribution in [0.1, 0.15) is 16.8 Å². The highest BCUT2D eigenvalue weighted by molar-refractivity contribution is 5.96. The predicted molar refractivity (Wildman–Crippen MR) is 66.1 cm³/mol. The Balaban J connectivity index is 2.17. The van der Waals surface area contributed by atoms with E-state index in [0.29, 0.717) is 13.1 Å². The van der Waals surface area contributed by atoms with Crippen molar-refractivity contribution in [1.82, 2.24) is 9.80 Å². The number of halogens is 1. The average molecular weight is 252 g/mol. The third kappa shape index (κ3) is 2.79. The maximum Gasteiger partial charge on any atom is 0.257 e. The van der Waals surface area contributed by atoms with Gasteiger partial charge in [0.05, 0.1) is 5.56 Å². The minimum atomic E-state index is -0.511. The summed E-state index contributed by atoms with van der Waals surface area (Å²) in [5, 5.41) is 9.63. The van der Waals surface area contributed by atoms with Gasteiger partial charge in [0, 0.05) is 19.6 Å². The molecule has 0 bridgehead atoms. The number of hydrogen-bond donors (Lipinski definition) is 1. The van der Waals surface area contributed by atoms with Crippen molar-refractivity contribution in [3.8, 4) is 5.75 Å². The zero-order chi connectivity index (χ0) is 13.1. The summed E-state index contributed by atoms with van der Waals surface area (Å²) >= 11 is 0. The van der Waals surface area contributed by atoms with E-state index in [-0.39, 0.29) is 17.2 Å². The van der Waals surface area contributed by atoms with Crippen LogP contribution >= 0.6 is 0 Å². The van der Waals surface area contributed by atoms with Crippen LogP contribution in [0.5, 0.6) is 5.75 Å². The standard InChI is InChI=1S/C13H17FN2O2/c1-15-5-2-6-16(8-7-15)13(18)11-9-10(14)3-4-12(11)17/h3-4,9,17H,2,5-8H2,1H3. The summed E-state index contributed by atoms with van der Waals surface area (Å²) in [6.07, 6.45) is 0.887. The number of rotatable bonds is 1. The van der Waals surface area contributed by atoms with E-state index in [1.54, 1.807) is 4.90 Å². The Labute approximate surface area is 106 Å². The van der Waals surface area contributed by atoms with E-state index < -0.39 is 5.82 Å². The maximum atomic E-state index is 13.1. The summed E-state index contributed by atoms with van der Waals surface area (Å²) in [7, 11) is 2.01. The molecule has 0 saturated carbocycles. The van der Waals surface area contributed by atoms with Gasteiger partial charge < -0.3 is 14.9 Å². The minimum absolute atomic E-state index is 0.0413. The van der Waals surface area contributed by atoms with E-state index in [2.05, 4.69) is 4.90 Å². The first-order chi connectivity index (χ1) is 8.58. The normalized spacial score (nSPS) is 17.6. The molecule has 1 fully saturated rings. The molecule has 98 valence electrons. The van der Waals surface area contributed by atoms with E-state index in [1.165, 1.54) is 6.07 Å². The third-order valence-electron chi connectivity index (χ3n) is 3.20. The third-order valence-corrected chi connectivity index (χ3v) is 3.20. The molecule has 0 spiro atoms. The van der Waals surface area contributed by atoms with E-state index >= 15 is 0 Å². The summed E-state index contributed by atoms with van der Waals surface area (Å²) in [6.45, 7) is 2.98. The number of amides is 1. The molecular formula is C13H17FN2O2. The monoisotopic (exact) mass is 252 g/mol. The van der Waals surface area contributed by atoms with Crippen molar-refractivity contribution in [1.29, 1.82) is 0 Å². The Kier molecular flexibility index (Phi) is 3.81. The van der Waals surface area contributed by atoms with E-state index in [9.17, 15) is 14.3 Å². The molecular weight excluding hydrogens is 235 g/mol. The van der Waals surface area contributed by atoms with Crippen molar-refractivity contribution < 1.29 is 14.3 Å². The fourth-order valence-electron chi connectivity index (χ4n) is 2.10. The second-order valence-corrected chi connectivity index (χ2v) is 4.61. The summed E-state index contributed by atoms with van der Waals surface area (Å²) in [5.41, 5.74) is 0.0413. The lowest BCUT2D eigenvalue weighted by Gasteiger charge is -2.21. The second-order valence-electron chi connectivity index (χ2n) is 4.61. The molecule has 18 heavy (non-hydrogen) atoms. The predicted octanol–water partition coefficient (Wildman–Crippen LogP) is 1.31. The molecule has 0 radical (unpaired) electrons. The van der Waals surface area contributed by atoms with Crippen LogP contribution in [0.4, 0.5) is 4.39 Å². The van der Waals surface area contributed by atoms with Crippen LogP contribution in [0.25, 0.3) is 0 Å². The molecule has 1 saturated heterocycles. The molecule has 1 aromatic carbocycles. The average Bonchev–Trinajstić information content (AvgIpc) is 2.56. The van der Waals surface area contributed by atoms with Crippen LogP contribution in [0.15, 0.2) is 18.2 Å². The fourth-order valence-corrected chi connectivity index (χ4v) is 2.10. The first kappa shape index (κ1) is 12.8. The molecule has 4 nitrogen and oxygen atoms in total. The highest BCUT2D eigenvalue weighted by atomic mass is 19.1. The summed E-state index contributed by atoms with van der Waals surface area (Å²) in [5.74, 6) is -0.982. The smallest absolute Gasteiger partial charge is 0.257 e. The lowest BCUT2D eigenvalue weighted by atomic mass is 10.1. The molecule has 1 aromatic rings. The molecule has 0 atom stereocenters. The first-order valence-corrected chi connectivity index (χ1v) is 6.04. The van der Waals surface area contributed by atoms with Crippen molar-refractivity contribution in [3.05, 3.63) is 29.6 Å². The largest absolute Gasteiger partial charge is 0.507 e. The van der Waals surface area contributed by atoms with Crippen molar-refractivity contribution >= 4 is 5.91 Å². The van der Waals surface area contributed by atoms with Crippen molar-refractivity contribution in [3.63, 3.8) is 0 Å². The quantitative estimate of drug-likeness (QED) is 0.819. The molecule has 0 aliphatic carbocycles. The number of phenolic OH excluding ortho intramolecular Hbond substituents is 1. The number of benzene rings is 1. The van der Waals surface area contributed by atoms with Crippen molar-refractivity contribution in [2.24, 2.45) is 0 Å². The zero-order valence-electron chi connectivity index (χ0n) is 10.4. The highest BCUT2D eigenvalue weighted by Gasteiger charge is 2.21. The zero-order valence-corrected chi connectivity index (χ0v) is 10.4. The van der Waals surface area contributed by atoms with Gasteiger partial charge >= 0.3 is 0 Å². The van der Waals surface area contributed by atoms with Gasteiger partial charge in [-0.05, 0) is 38.2 Å². The number of carbonyl (C=O) groups is 1. The van der Waals surface area contributed by atoms with Crippen LogP contribution < -0.4 is 0 Å². The van der Waals surface area contributed by atoms with Crippen LogP contribution in [-0.2, 0) is 0 Å². The highest BCUT2D eigenvalue weighted by Crippen LogP contribution is 2.20. The Morgan fingerprint density at radius 2 is 2.06 bits per heavy atom. The molecule has 0 unspecified atom stereocenters. The maximum absolute atomic E-state index is 13.1. The number of likely N-dealkylation sites (N-methyl/N-ethyl adjacent to an activating group) is 1. The summed E-state index contributed by atoms with van der Waals surface area (Å²) in [4.78, 5) is 16.0. The SMILES string of the molecule is CN1CCCN(C(=O)c2cc(F)ccc2O)CC1. The molecule has 1 amide bonds. The van der Waals surface area contributed by atoms with Gasteiger partial charge in [0.1, 0.15) is 11.6 Å². The Morgan fingerprint density at radius 3 is 2.83 bits per heavy atom. The van der Waals surface area contributed by atoms with Crippen molar-refractivity contribution in [2.75, 3.05) is 33.2 Å². The molecule has 1 aliphatic heterocycles. The van der Waals surface area contributed by atoms with Gasteiger partial charge in [-0.25, -0.2) is 4.39 Å². The van der Waals surface area contributed by atoms with Gasteiger partial charge in [-0.15, -0.1) is 0 Å². The number of carbonyl (C=O) groups excluding carboxylic acids is 1. The van der Waals surface area contributed by atoms with Crippen molar-refractivity contribution in [2.45, 2.75) is 6.42 Å². The van der Waals surface area contributed by atoms with E-state index in [4.69, 9.17) is 0 Å². The van der Waals surface area contributed by atoms with Gasteiger partial charge in [-0.1, -0.05) is 0 Å². The number of aromatic hydroxyl groups is 1. The first-order valence-electron chi connectivity index (χ1n) is 6.04. The van der Waals surface area contributed by atoms with Gasteiger partial charge in [0.2, 0.25) is 0 Å². The Morgan fingerprint density at radius 1 is 1.28 bits per heavy atom. The van der Waals surface area contributed by atoms with Gasteiger partial charge in [-0.2, -0.15) is 0 Å². The number of phenols is 1. The number of hydrogen-bond acceptors (Lipinski definition) is 3. The van der Waals surface area contributed by atoms with Crippen LogP contribution in [0, 0.1) is 5.82 Å².